The molecule has 2 N–H and O–H groups in total. The number of carbonyl (C=O) groups excluding carboxylic acids is 1. The Hall–Kier alpha value is -1.63. The van der Waals surface area contributed by atoms with Gasteiger partial charge in [-0.1, -0.05) is 25.0 Å². The predicted octanol–water partition coefficient (Wildman–Crippen LogP) is 3.63. The molecular formula is C22H35N3O3. The van der Waals surface area contributed by atoms with Gasteiger partial charge < -0.3 is 25.0 Å². The molecule has 2 aliphatic rings. The quantitative estimate of drug-likeness (QED) is 0.633. The number of anilines is 1. The summed E-state index contributed by atoms with van der Waals surface area (Å²) < 4.78 is 10.5. The topological polar surface area (TPSA) is 62.8 Å². The molecule has 0 aromatic heterocycles. The molecule has 1 saturated carbocycles. The van der Waals surface area contributed by atoms with E-state index in [1.54, 1.807) is 7.11 Å². The van der Waals surface area contributed by atoms with Crippen LogP contribution in [0.4, 0.5) is 10.5 Å². The number of benzene rings is 1. The van der Waals surface area contributed by atoms with E-state index in [1.807, 2.05) is 24.3 Å². The molecule has 0 bridgehead atoms. The SMILES string of the molecule is COCCOCc1cccc(NC(=O)NC2CCN(CC3CCCC3)CC2)c1. The van der Waals surface area contributed by atoms with E-state index in [9.17, 15) is 4.79 Å². The maximum absolute atomic E-state index is 12.4. The number of carbonyl (C=O) groups is 1. The Balaban J connectivity index is 1.36. The van der Waals surface area contributed by atoms with Gasteiger partial charge in [-0.25, -0.2) is 4.79 Å². The summed E-state index contributed by atoms with van der Waals surface area (Å²) in [5, 5.41) is 6.09. The van der Waals surface area contributed by atoms with E-state index in [1.165, 1.54) is 32.2 Å². The third kappa shape index (κ3) is 7.08. The van der Waals surface area contributed by atoms with Crippen molar-refractivity contribution in [1.29, 1.82) is 0 Å². The molecule has 1 heterocycles. The van der Waals surface area contributed by atoms with Crippen molar-refractivity contribution in [3.63, 3.8) is 0 Å². The molecular weight excluding hydrogens is 354 g/mol. The van der Waals surface area contributed by atoms with Crippen molar-refractivity contribution in [2.75, 3.05) is 45.3 Å². The zero-order valence-corrected chi connectivity index (χ0v) is 17.1. The summed E-state index contributed by atoms with van der Waals surface area (Å²) in [5.74, 6) is 0.901. The van der Waals surface area contributed by atoms with Crippen LogP contribution in [0.15, 0.2) is 24.3 Å². The highest BCUT2D eigenvalue weighted by molar-refractivity contribution is 5.89. The minimum absolute atomic E-state index is 0.119. The molecule has 1 aromatic rings. The molecule has 1 aromatic carbocycles. The normalized spacial score (nSPS) is 19.0. The van der Waals surface area contributed by atoms with Crippen molar-refractivity contribution >= 4 is 11.7 Å². The molecule has 0 atom stereocenters. The molecule has 1 aliphatic carbocycles. The van der Waals surface area contributed by atoms with Crippen LogP contribution >= 0.6 is 0 Å². The molecule has 0 unspecified atom stereocenters. The molecule has 28 heavy (non-hydrogen) atoms. The molecule has 6 heteroatoms. The van der Waals surface area contributed by atoms with Gasteiger partial charge >= 0.3 is 6.03 Å². The molecule has 1 saturated heterocycles. The largest absolute Gasteiger partial charge is 0.382 e. The number of nitrogens with one attached hydrogen (secondary N) is 2. The highest BCUT2D eigenvalue weighted by Crippen LogP contribution is 2.26. The number of urea groups is 1. The fourth-order valence-corrected chi connectivity index (χ4v) is 4.24. The first kappa shape index (κ1) is 21.1. The molecule has 2 amide bonds. The van der Waals surface area contributed by atoms with Crippen LogP contribution in [0.1, 0.15) is 44.1 Å². The van der Waals surface area contributed by atoms with Crippen LogP contribution in [-0.4, -0.2) is 56.9 Å². The third-order valence-electron chi connectivity index (χ3n) is 5.80. The van der Waals surface area contributed by atoms with Crippen LogP contribution in [0, 0.1) is 5.92 Å². The summed E-state index contributed by atoms with van der Waals surface area (Å²) in [5.41, 5.74) is 1.83. The second-order valence-corrected chi connectivity index (χ2v) is 8.07. The summed E-state index contributed by atoms with van der Waals surface area (Å²) in [4.78, 5) is 15.0. The van der Waals surface area contributed by atoms with E-state index in [0.29, 0.717) is 19.8 Å². The highest BCUT2D eigenvalue weighted by atomic mass is 16.5. The Morgan fingerprint density at radius 1 is 1.14 bits per heavy atom. The number of piperidine rings is 1. The van der Waals surface area contributed by atoms with Gasteiger partial charge in [0, 0.05) is 38.5 Å². The van der Waals surface area contributed by atoms with Gasteiger partial charge in [0.25, 0.3) is 0 Å². The van der Waals surface area contributed by atoms with E-state index < -0.39 is 0 Å². The van der Waals surface area contributed by atoms with E-state index >= 15 is 0 Å². The number of methoxy groups -OCH3 is 1. The number of amides is 2. The van der Waals surface area contributed by atoms with Gasteiger partial charge in [-0.15, -0.1) is 0 Å². The molecule has 2 fully saturated rings. The maximum atomic E-state index is 12.4. The summed E-state index contributed by atoms with van der Waals surface area (Å²) in [6.07, 6.45) is 7.68. The Labute approximate surface area is 169 Å². The Morgan fingerprint density at radius 2 is 1.93 bits per heavy atom. The van der Waals surface area contributed by atoms with E-state index in [4.69, 9.17) is 9.47 Å². The Kier molecular flexibility index (Phi) is 8.58. The van der Waals surface area contributed by atoms with Gasteiger partial charge in [0.2, 0.25) is 0 Å². The minimum atomic E-state index is -0.119. The maximum Gasteiger partial charge on any atom is 0.319 e. The highest BCUT2D eigenvalue weighted by Gasteiger charge is 2.24. The van der Waals surface area contributed by atoms with Crippen LogP contribution in [0.2, 0.25) is 0 Å². The second-order valence-electron chi connectivity index (χ2n) is 8.07. The number of hydrogen-bond acceptors (Lipinski definition) is 4. The lowest BCUT2D eigenvalue weighted by atomic mass is 10.0. The molecule has 3 rings (SSSR count). The van der Waals surface area contributed by atoms with E-state index in [-0.39, 0.29) is 12.1 Å². The number of likely N-dealkylation sites (tertiary alicyclic amines) is 1. The molecule has 156 valence electrons. The van der Waals surface area contributed by atoms with Gasteiger partial charge in [-0.2, -0.15) is 0 Å². The lowest BCUT2D eigenvalue weighted by Crippen LogP contribution is -2.46. The van der Waals surface area contributed by atoms with E-state index in [0.717, 1.165) is 43.1 Å². The van der Waals surface area contributed by atoms with Gasteiger partial charge in [0.1, 0.15) is 0 Å². The molecule has 1 aliphatic heterocycles. The van der Waals surface area contributed by atoms with Gasteiger partial charge in [-0.05, 0) is 49.3 Å². The zero-order chi connectivity index (χ0) is 19.6. The molecule has 0 spiro atoms. The zero-order valence-electron chi connectivity index (χ0n) is 17.1. The number of hydrogen-bond donors (Lipinski definition) is 2. The van der Waals surface area contributed by atoms with Crippen molar-refractivity contribution in [2.24, 2.45) is 5.92 Å². The first-order valence-corrected chi connectivity index (χ1v) is 10.7. The fraction of sp³-hybridized carbons (Fsp3) is 0.682. The lowest BCUT2D eigenvalue weighted by Gasteiger charge is -2.33. The van der Waals surface area contributed by atoms with Crippen LogP contribution in [0.25, 0.3) is 0 Å². The number of rotatable bonds is 9. The first-order valence-electron chi connectivity index (χ1n) is 10.7. The van der Waals surface area contributed by atoms with Gasteiger partial charge in [-0.3, -0.25) is 0 Å². The van der Waals surface area contributed by atoms with Crippen molar-refractivity contribution < 1.29 is 14.3 Å². The second kappa shape index (κ2) is 11.4. The Bertz CT molecular complexity index is 596. The molecule has 0 radical (unpaired) electrons. The van der Waals surface area contributed by atoms with Crippen LogP contribution in [0.5, 0.6) is 0 Å². The third-order valence-corrected chi connectivity index (χ3v) is 5.80. The summed E-state index contributed by atoms with van der Waals surface area (Å²) >= 11 is 0. The van der Waals surface area contributed by atoms with Crippen LogP contribution in [0.3, 0.4) is 0 Å². The average Bonchev–Trinajstić information content (AvgIpc) is 3.20. The summed E-state index contributed by atoms with van der Waals surface area (Å²) in [6.45, 7) is 5.09. The summed E-state index contributed by atoms with van der Waals surface area (Å²) in [6, 6.07) is 7.94. The lowest BCUT2D eigenvalue weighted by molar-refractivity contribution is 0.0617. The molecule has 6 nitrogen and oxygen atoms in total. The monoisotopic (exact) mass is 389 g/mol. The van der Waals surface area contributed by atoms with Crippen molar-refractivity contribution in [1.82, 2.24) is 10.2 Å². The summed E-state index contributed by atoms with van der Waals surface area (Å²) in [7, 11) is 1.66. The van der Waals surface area contributed by atoms with Gasteiger partial charge in [0.15, 0.2) is 0 Å². The van der Waals surface area contributed by atoms with Crippen LogP contribution < -0.4 is 10.6 Å². The van der Waals surface area contributed by atoms with Crippen molar-refractivity contribution in [3.8, 4) is 0 Å². The minimum Gasteiger partial charge on any atom is -0.382 e. The fourth-order valence-electron chi connectivity index (χ4n) is 4.24. The standard InChI is InChI=1S/C22H35N3O3/c1-27-13-14-28-17-19-7-4-8-21(15-19)24-22(26)23-20-9-11-25(12-10-20)16-18-5-2-3-6-18/h4,7-8,15,18,20H,2-3,5-6,9-14,16-17H2,1H3,(H2,23,24,26). The van der Waals surface area contributed by atoms with Crippen LogP contribution in [-0.2, 0) is 16.1 Å². The van der Waals surface area contributed by atoms with Crippen molar-refractivity contribution in [2.45, 2.75) is 51.2 Å². The van der Waals surface area contributed by atoms with Crippen molar-refractivity contribution in [3.05, 3.63) is 29.8 Å². The average molecular weight is 390 g/mol. The van der Waals surface area contributed by atoms with Gasteiger partial charge in [0.05, 0.1) is 19.8 Å². The number of ether oxygens (including phenoxy) is 2. The smallest absolute Gasteiger partial charge is 0.319 e. The van der Waals surface area contributed by atoms with E-state index in [2.05, 4.69) is 15.5 Å². The number of nitrogens with zero attached hydrogens (tertiary/aromatic N) is 1. The Morgan fingerprint density at radius 3 is 2.68 bits per heavy atom. The predicted molar refractivity (Wildman–Crippen MR) is 112 cm³/mol. The first-order chi connectivity index (χ1) is 13.7.